The Kier molecular flexibility index (Phi) is 5.07. The van der Waals surface area contributed by atoms with E-state index in [0.29, 0.717) is 6.54 Å². The zero-order chi connectivity index (χ0) is 20.5. The number of halogens is 1. The Balaban J connectivity index is 1.45. The van der Waals surface area contributed by atoms with Crippen LogP contribution >= 0.6 is 0 Å². The molecule has 5 heteroatoms. The van der Waals surface area contributed by atoms with Crippen molar-refractivity contribution in [2.45, 2.75) is 12.6 Å². The average molecular weight is 401 g/mol. The Hall–Kier alpha value is -3.02. The third kappa shape index (κ3) is 3.74. The topological polar surface area (TPSA) is 35.2 Å². The molecule has 0 aliphatic carbocycles. The molecule has 0 radical (unpaired) electrons. The molecular formula is C25H25FN4. The maximum atomic E-state index is 14.8. The molecule has 0 spiro atoms. The molecule has 152 valence electrons. The van der Waals surface area contributed by atoms with Crippen molar-refractivity contribution in [2.75, 3.05) is 26.7 Å². The molecule has 1 atom stereocenters. The number of rotatable bonds is 4. The Bertz CT molecular complexity index is 1150. The molecule has 1 N–H and O–H groups in total. The van der Waals surface area contributed by atoms with Crippen LogP contribution in [0.15, 0.2) is 73.2 Å². The lowest BCUT2D eigenvalue weighted by molar-refractivity contribution is 0.0824. The minimum absolute atomic E-state index is 0.145. The Morgan fingerprint density at radius 1 is 1.00 bits per heavy atom. The summed E-state index contributed by atoms with van der Waals surface area (Å²) in [6.45, 7) is 3.40. The SMILES string of the molecule is CN1CCN(Cc2cc(-c3ccc4[nH]ccc4c3)ccc2F)C(c2ccncc2)C1. The van der Waals surface area contributed by atoms with Crippen molar-refractivity contribution < 1.29 is 4.39 Å². The highest BCUT2D eigenvalue weighted by Crippen LogP contribution is 2.30. The van der Waals surface area contributed by atoms with Crippen molar-refractivity contribution in [3.8, 4) is 11.1 Å². The first kappa shape index (κ1) is 19.0. The molecule has 0 amide bonds. The van der Waals surface area contributed by atoms with Crippen molar-refractivity contribution in [2.24, 2.45) is 0 Å². The van der Waals surface area contributed by atoms with Crippen LogP contribution in [0.1, 0.15) is 17.2 Å². The van der Waals surface area contributed by atoms with Gasteiger partial charge in [-0.25, -0.2) is 4.39 Å². The van der Waals surface area contributed by atoms with Gasteiger partial charge in [-0.15, -0.1) is 0 Å². The van der Waals surface area contributed by atoms with Crippen LogP contribution in [0.4, 0.5) is 4.39 Å². The van der Waals surface area contributed by atoms with E-state index in [4.69, 9.17) is 0 Å². The summed E-state index contributed by atoms with van der Waals surface area (Å²) in [5.41, 5.74) is 5.23. The van der Waals surface area contributed by atoms with E-state index in [1.54, 1.807) is 6.07 Å². The van der Waals surface area contributed by atoms with Crippen LogP contribution in [0.2, 0.25) is 0 Å². The van der Waals surface area contributed by atoms with Crippen molar-refractivity contribution in [1.82, 2.24) is 19.8 Å². The number of aromatic amines is 1. The zero-order valence-electron chi connectivity index (χ0n) is 17.1. The molecule has 1 aliphatic heterocycles. The van der Waals surface area contributed by atoms with Gasteiger partial charge in [-0.3, -0.25) is 9.88 Å². The van der Waals surface area contributed by atoms with Crippen molar-refractivity contribution in [3.63, 3.8) is 0 Å². The van der Waals surface area contributed by atoms with E-state index in [0.717, 1.165) is 47.2 Å². The van der Waals surface area contributed by atoms with Gasteiger partial charge in [0.15, 0.2) is 0 Å². The summed E-state index contributed by atoms with van der Waals surface area (Å²) in [4.78, 5) is 12.1. The van der Waals surface area contributed by atoms with Crippen molar-refractivity contribution in [1.29, 1.82) is 0 Å². The fourth-order valence-electron chi connectivity index (χ4n) is 4.38. The second-order valence-corrected chi connectivity index (χ2v) is 8.11. The number of hydrogen-bond donors (Lipinski definition) is 1. The van der Waals surface area contributed by atoms with Crippen molar-refractivity contribution in [3.05, 3.63) is 90.1 Å². The molecule has 0 bridgehead atoms. The second-order valence-electron chi connectivity index (χ2n) is 8.11. The van der Waals surface area contributed by atoms with Gasteiger partial charge in [0.25, 0.3) is 0 Å². The van der Waals surface area contributed by atoms with Crippen LogP contribution in [0.5, 0.6) is 0 Å². The first-order chi connectivity index (χ1) is 14.7. The number of hydrogen-bond acceptors (Lipinski definition) is 3. The predicted molar refractivity (Wildman–Crippen MR) is 119 cm³/mol. The lowest BCUT2D eigenvalue weighted by atomic mass is 9.99. The summed E-state index contributed by atoms with van der Waals surface area (Å²) in [5, 5.41) is 1.16. The highest BCUT2D eigenvalue weighted by Gasteiger charge is 2.27. The number of nitrogens with zero attached hydrogens (tertiary/aromatic N) is 3. The third-order valence-corrected chi connectivity index (χ3v) is 6.09. The van der Waals surface area contributed by atoms with Crippen LogP contribution in [-0.2, 0) is 6.54 Å². The predicted octanol–water partition coefficient (Wildman–Crippen LogP) is 4.86. The lowest BCUT2D eigenvalue weighted by Crippen LogP contribution is -2.46. The number of H-pyrrole nitrogens is 1. The Labute approximate surface area is 176 Å². The van der Waals surface area contributed by atoms with Gasteiger partial charge >= 0.3 is 0 Å². The fraction of sp³-hybridized carbons (Fsp3) is 0.240. The molecule has 4 nitrogen and oxygen atoms in total. The number of pyridine rings is 1. The summed E-state index contributed by atoms with van der Waals surface area (Å²) in [6.07, 6.45) is 5.61. The molecule has 2 aromatic heterocycles. The maximum Gasteiger partial charge on any atom is 0.127 e. The fourth-order valence-corrected chi connectivity index (χ4v) is 4.38. The van der Waals surface area contributed by atoms with Gasteiger partial charge in [-0.1, -0.05) is 12.1 Å². The number of fused-ring (bicyclic) bond motifs is 1. The van der Waals surface area contributed by atoms with E-state index < -0.39 is 0 Å². The molecule has 30 heavy (non-hydrogen) atoms. The monoisotopic (exact) mass is 400 g/mol. The van der Waals surface area contributed by atoms with Crippen LogP contribution in [-0.4, -0.2) is 46.4 Å². The van der Waals surface area contributed by atoms with E-state index in [-0.39, 0.29) is 11.9 Å². The van der Waals surface area contributed by atoms with Gasteiger partial charge in [-0.2, -0.15) is 0 Å². The highest BCUT2D eigenvalue weighted by molar-refractivity contribution is 5.85. The normalized spacial score (nSPS) is 18.1. The molecule has 3 heterocycles. The largest absolute Gasteiger partial charge is 0.361 e. The zero-order valence-corrected chi connectivity index (χ0v) is 17.1. The summed E-state index contributed by atoms with van der Waals surface area (Å²) >= 11 is 0. The van der Waals surface area contributed by atoms with Gasteiger partial charge in [0, 0.05) is 61.9 Å². The molecule has 1 aliphatic rings. The molecule has 5 rings (SSSR count). The van der Waals surface area contributed by atoms with E-state index in [1.165, 1.54) is 5.56 Å². The summed E-state index contributed by atoms with van der Waals surface area (Å²) in [6, 6.07) is 18.2. The number of piperazine rings is 1. The maximum absolute atomic E-state index is 14.8. The Morgan fingerprint density at radius 2 is 1.80 bits per heavy atom. The molecule has 1 fully saturated rings. The highest BCUT2D eigenvalue weighted by atomic mass is 19.1. The molecule has 4 aromatic rings. The summed E-state index contributed by atoms with van der Waals surface area (Å²) in [5.74, 6) is -0.145. The van der Waals surface area contributed by atoms with Gasteiger partial charge < -0.3 is 9.88 Å². The van der Waals surface area contributed by atoms with Crippen LogP contribution in [0.3, 0.4) is 0 Å². The number of aromatic nitrogens is 2. The van der Waals surface area contributed by atoms with Gasteiger partial charge in [0.2, 0.25) is 0 Å². The number of benzene rings is 2. The summed E-state index contributed by atoms with van der Waals surface area (Å²) in [7, 11) is 2.14. The van der Waals surface area contributed by atoms with Crippen LogP contribution < -0.4 is 0 Å². The van der Waals surface area contributed by atoms with E-state index in [2.05, 4.69) is 63.2 Å². The van der Waals surface area contributed by atoms with E-state index in [9.17, 15) is 4.39 Å². The molecule has 1 unspecified atom stereocenters. The third-order valence-electron chi connectivity index (χ3n) is 6.09. The molecular weight excluding hydrogens is 375 g/mol. The van der Waals surface area contributed by atoms with Gasteiger partial charge in [-0.05, 0) is 71.6 Å². The van der Waals surface area contributed by atoms with Gasteiger partial charge in [0.1, 0.15) is 5.82 Å². The van der Waals surface area contributed by atoms with Gasteiger partial charge in [0.05, 0.1) is 0 Å². The lowest BCUT2D eigenvalue weighted by Gasteiger charge is -2.40. The van der Waals surface area contributed by atoms with Crippen LogP contribution in [0, 0.1) is 5.82 Å². The van der Waals surface area contributed by atoms with E-state index >= 15 is 0 Å². The van der Waals surface area contributed by atoms with E-state index in [1.807, 2.05) is 30.7 Å². The minimum atomic E-state index is -0.145. The van der Waals surface area contributed by atoms with Crippen molar-refractivity contribution >= 4 is 10.9 Å². The minimum Gasteiger partial charge on any atom is -0.361 e. The first-order valence-electron chi connectivity index (χ1n) is 10.4. The number of likely N-dealkylation sites (N-methyl/N-ethyl adjacent to an activating group) is 1. The number of nitrogens with one attached hydrogen (secondary N) is 1. The standard InChI is InChI=1S/C25H25FN4/c1-29-12-13-30(25(17-29)18-6-9-27-10-7-18)16-22-15-19(2-4-23(22)26)20-3-5-24-21(14-20)8-11-28-24/h2-11,14-15,25,28H,12-13,16-17H2,1H3. The van der Waals surface area contributed by atoms with Crippen LogP contribution in [0.25, 0.3) is 22.0 Å². The summed E-state index contributed by atoms with van der Waals surface area (Å²) < 4.78 is 14.8. The average Bonchev–Trinajstić information content (AvgIpc) is 3.25. The first-order valence-corrected chi connectivity index (χ1v) is 10.4. The molecule has 0 saturated carbocycles. The molecule has 2 aromatic carbocycles. The second kappa shape index (κ2) is 8.01. The Morgan fingerprint density at radius 3 is 2.67 bits per heavy atom. The smallest absolute Gasteiger partial charge is 0.127 e. The quantitative estimate of drug-likeness (QED) is 0.531. The molecule has 1 saturated heterocycles.